The minimum absolute atomic E-state index is 0.102. The lowest BCUT2D eigenvalue weighted by atomic mass is 9.94. The van der Waals surface area contributed by atoms with E-state index < -0.39 is 5.91 Å². The van der Waals surface area contributed by atoms with Crippen LogP contribution in [0.2, 0.25) is 0 Å². The molecule has 0 saturated heterocycles. The summed E-state index contributed by atoms with van der Waals surface area (Å²) in [7, 11) is 0. The van der Waals surface area contributed by atoms with E-state index in [0.717, 1.165) is 36.6 Å². The number of primary amides is 1. The second-order valence-corrected chi connectivity index (χ2v) is 7.96. The molecule has 0 aromatic carbocycles. The zero-order valence-electron chi connectivity index (χ0n) is 15.5. The van der Waals surface area contributed by atoms with Gasteiger partial charge in [-0.3, -0.25) is 4.79 Å². The predicted molar refractivity (Wildman–Crippen MR) is 109 cm³/mol. The number of fused-ring (bicyclic) bond motifs is 1. The van der Waals surface area contributed by atoms with Gasteiger partial charge < -0.3 is 21.5 Å². The molecule has 0 unspecified atom stereocenters. The van der Waals surface area contributed by atoms with E-state index in [2.05, 4.69) is 20.3 Å². The number of ether oxygens (including phenoxy) is 1. The monoisotopic (exact) mass is 398 g/mol. The van der Waals surface area contributed by atoms with Gasteiger partial charge in [-0.15, -0.1) is 11.3 Å². The number of anilines is 2. The number of amides is 1. The molecule has 4 rings (SSSR count). The lowest BCUT2D eigenvalue weighted by Gasteiger charge is -2.27. The van der Waals surface area contributed by atoms with Gasteiger partial charge in [-0.05, 0) is 50.3 Å². The Morgan fingerprint density at radius 2 is 2.04 bits per heavy atom. The van der Waals surface area contributed by atoms with Crippen molar-refractivity contribution < 1.29 is 9.53 Å². The molecule has 0 bridgehead atoms. The van der Waals surface area contributed by atoms with E-state index in [4.69, 9.17) is 16.2 Å². The zero-order chi connectivity index (χ0) is 19.7. The summed E-state index contributed by atoms with van der Waals surface area (Å²) in [4.78, 5) is 25.9. The number of carbonyl (C=O) groups is 1. The molecule has 9 heteroatoms. The van der Waals surface area contributed by atoms with Crippen LogP contribution in [0.3, 0.4) is 0 Å². The smallest absolute Gasteiger partial charge is 0.259 e. The minimum Gasteiger partial charge on any atom is -0.473 e. The van der Waals surface area contributed by atoms with Gasteiger partial charge in [-0.1, -0.05) is 0 Å². The maximum absolute atomic E-state index is 11.7. The SMILES string of the molecule is Cc1c(C(N)=O)sc2ncnc(Nc3cccnc3OC3CCC(N)CC3)c12. The molecule has 3 aromatic heterocycles. The molecule has 0 radical (unpaired) electrons. The van der Waals surface area contributed by atoms with Crippen molar-refractivity contribution in [3.63, 3.8) is 0 Å². The van der Waals surface area contributed by atoms with Crippen molar-refractivity contribution in [2.45, 2.75) is 44.8 Å². The van der Waals surface area contributed by atoms with Crippen molar-refractivity contribution >= 4 is 39.0 Å². The minimum atomic E-state index is -0.465. The van der Waals surface area contributed by atoms with E-state index in [1.165, 1.54) is 17.7 Å². The number of nitrogens with two attached hydrogens (primary N) is 2. The Bertz CT molecular complexity index is 1010. The van der Waals surface area contributed by atoms with E-state index in [9.17, 15) is 4.79 Å². The van der Waals surface area contributed by atoms with Gasteiger partial charge in [-0.2, -0.15) is 0 Å². The number of rotatable bonds is 5. The molecule has 5 N–H and O–H groups in total. The van der Waals surface area contributed by atoms with E-state index in [1.54, 1.807) is 6.20 Å². The summed E-state index contributed by atoms with van der Waals surface area (Å²) >= 11 is 1.27. The van der Waals surface area contributed by atoms with Gasteiger partial charge in [-0.25, -0.2) is 15.0 Å². The molecule has 0 aliphatic heterocycles. The lowest BCUT2D eigenvalue weighted by molar-refractivity contribution is 0.100. The zero-order valence-corrected chi connectivity index (χ0v) is 16.3. The molecule has 1 aliphatic carbocycles. The average Bonchev–Trinajstić information content (AvgIpc) is 3.03. The number of nitrogens with one attached hydrogen (secondary N) is 1. The number of carbonyl (C=O) groups excluding carboxylic acids is 1. The third kappa shape index (κ3) is 3.63. The maximum Gasteiger partial charge on any atom is 0.259 e. The van der Waals surface area contributed by atoms with E-state index in [1.807, 2.05) is 19.1 Å². The van der Waals surface area contributed by atoms with Gasteiger partial charge in [0.15, 0.2) is 0 Å². The van der Waals surface area contributed by atoms with E-state index >= 15 is 0 Å². The highest BCUT2D eigenvalue weighted by atomic mass is 32.1. The second-order valence-electron chi connectivity index (χ2n) is 6.96. The summed E-state index contributed by atoms with van der Waals surface area (Å²) in [5, 5.41) is 4.08. The Balaban J connectivity index is 1.64. The molecule has 3 heterocycles. The molecule has 146 valence electrons. The Labute approximate surface area is 166 Å². The summed E-state index contributed by atoms with van der Waals surface area (Å²) in [6.07, 6.45) is 7.01. The number of aryl methyl sites for hydroxylation is 1. The summed E-state index contributed by atoms with van der Waals surface area (Å²) in [6, 6.07) is 3.98. The van der Waals surface area contributed by atoms with Gasteiger partial charge >= 0.3 is 0 Å². The highest BCUT2D eigenvalue weighted by Gasteiger charge is 2.22. The quantitative estimate of drug-likeness (QED) is 0.602. The summed E-state index contributed by atoms with van der Waals surface area (Å²) in [6.45, 7) is 1.85. The van der Waals surface area contributed by atoms with Crippen molar-refractivity contribution in [3.05, 3.63) is 35.1 Å². The largest absolute Gasteiger partial charge is 0.473 e. The molecule has 1 fully saturated rings. The van der Waals surface area contributed by atoms with Crippen LogP contribution in [-0.2, 0) is 0 Å². The number of pyridine rings is 1. The molecule has 0 spiro atoms. The predicted octanol–water partition coefficient (Wildman–Crippen LogP) is 2.89. The fraction of sp³-hybridized carbons (Fsp3) is 0.368. The van der Waals surface area contributed by atoms with Gasteiger partial charge in [0.2, 0.25) is 5.88 Å². The molecule has 1 amide bonds. The molecule has 8 nitrogen and oxygen atoms in total. The Kier molecular flexibility index (Phi) is 5.10. The van der Waals surface area contributed by atoms with Gasteiger partial charge in [0.05, 0.1) is 10.3 Å². The van der Waals surface area contributed by atoms with Crippen molar-refractivity contribution in [2.75, 3.05) is 5.32 Å². The summed E-state index contributed by atoms with van der Waals surface area (Å²) < 4.78 is 6.15. The normalized spacial score (nSPS) is 19.5. The second kappa shape index (κ2) is 7.69. The maximum atomic E-state index is 11.7. The Morgan fingerprint density at radius 3 is 2.79 bits per heavy atom. The van der Waals surface area contributed by atoms with Gasteiger partial charge in [0.25, 0.3) is 5.91 Å². The molecule has 1 saturated carbocycles. The van der Waals surface area contributed by atoms with Crippen LogP contribution in [0.1, 0.15) is 40.9 Å². The molecule has 3 aromatic rings. The third-order valence-corrected chi connectivity index (χ3v) is 6.19. The number of thiophene rings is 1. The fourth-order valence-electron chi connectivity index (χ4n) is 3.47. The number of nitrogens with zero attached hydrogens (tertiary/aromatic N) is 3. The van der Waals surface area contributed by atoms with E-state index in [0.29, 0.717) is 27.1 Å². The molecular weight excluding hydrogens is 376 g/mol. The molecule has 28 heavy (non-hydrogen) atoms. The number of aromatic nitrogens is 3. The Morgan fingerprint density at radius 1 is 1.25 bits per heavy atom. The van der Waals surface area contributed by atoms with Crippen LogP contribution >= 0.6 is 11.3 Å². The first kappa shape index (κ1) is 18.6. The van der Waals surface area contributed by atoms with Crippen molar-refractivity contribution in [1.82, 2.24) is 15.0 Å². The Hall–Kier alpha value is -2.78. The van der Waals surface area contributed by atoms with E-state index in [-0.39, 0.29) is 12.1 Å². The first-order valence-corrected chi connectivity index (χ1v) is 10.0. The fourth-order valence-corrected chi connectivity index (χ4v) is 4.47. The first-order chi connectivity index (χ1) is 13.5. The highest BCUT2D eigenvalue weighted by Crippen LogP contribution is 2.36. The number of hydrogen-bond acceptors (Lipinski definition) is 8. The van der Waals surface area contributed by atoms with Gasteiger partial charge in [0, 0.05) is 12.2 Å². The van der Waals surface area contributed by atoms with Crippen molar-refractivity contribution in [1.29, 1.82) is 0 Å². The third-order valence-electron chi connectivity index (χ3n) is 4.97. The highest BCUT2D eigenvalue weighted by molar-refractivity contribution is 7.20. The van der Waals surface area contributed by atoms with Gasteiger partial charge in [0.1, 0.15) is 28.8 Å². The van der Waals surface area contributed by atoms with Crippen LogP contribution in [0.25, 0.3) is 10.2 Å². The first-order valence-electron chi connectivity index (χ1n) is 9.21. The van der Waals surface area contributed by atoms with Crippen LogP contribution in [0, 0.1) is 6.92 Å². The number of hydrogen-bond donors (Lipinski definition) is 3. The molecule has 1 aliphatic rings. The standard InChI is InChI=1S/C19H22N6O2S/c1-10-14-17(23-9-24-19(14)28-15(10)16(21)26)25-13-3-2-8-22-18(13)27-12-6-4-11(20)5-7-12/h2-3,8-9,11-12H,4-7,20H2,1H3,(H2,21,26)(H,23,24,25). The molecule has 0 atom stereocenters. The van der Waals surface area contributed by atoms with Crippen LogP contribution in [-0.4, -0.2) is 33.0 Å². The van der Waals surface area contributed by atoms with Crippen LogP contribution in [0.5, 0.6) is 5.88 Å². The average molecular weight is 398 g/mol. The van der Waals surface area contributed by atoms with Crippen LogP contribution < -0.4 is 21.5 Å². The van der Waals surface area contributed by atoms with Crippen LogP contribution in [0.4, 0.5) is 11.5 Å². The van der Waals surface area contributed by atoms with Crippen molar-refractivity contribution in [2.24, 2.45) is 11.5 Å². The lowest BCUT2D eigenvalue weighted by Crippen LogP contribution is -2.31. The molecular formula is C19H22N6O2S. The topological polar surface area (TPSA) is 129 Å². The van der Waals surface area contributed by atoms with Crippen molar-refractivity contribution in [3.8, 4) is 5.88 Å². The summed E-state index contributed by atoms with van der Waals surface area (Å²) in [5.74, 6) is 0.653. The van der Waals surface area contributed by atoms with Crippen LogP contribution in [0.15, 0.2) is 24.7 Å². The summed E-state index contributed by atoms with van der Waals surface area (Å²) in [5.41, 5.74) is 12.9.